The number of amides is 1. The smallest absolute Gasteiger partial charge is 0.337 e. The van der Waals surface area contributed by atoms with Gasteiger partial charge in [-0.15, -0.1) is 0 Å². The molecule has 6 nitrogen and oxygen atoms in total. The van der Waals surface area contributed by atoms with Crippen LogP contribution in [-0.4, -0.2) is 34.7 Å². The molecule has 1 amide bonds. The molecule has 2 aromatic carbocycles. The number of nitrogens with zero attached hydrogens (tertiary/aromatic N) is 1. The Bertz CT molecular complexity index is 1020. The van der Waals surface area contributed by atoms with Gasteiger partial charge in [-0.3, -0.25) is 4.79 Å². The molecule has 150 valence electrons. The lowest BCUT2D eigenvalue weighted by molar-refractivity contribution is -0.113. The standard InChI is InChI=1S/C22H23N3O3S/c1-14-9-10-17(21(27)28-3)12-18(14)24-20(26)13-29-22-23-15(2)19(25-22)11-16-7-5-4-6-8-16/h4-10,12H,11,13H2,1-3H3,(H,23,25)(H,24,26). The molecule has 1 aromatic heterocycles. The number of aromatic nitrogens is 2. The summed E-state index contributed by atoms with van der Waals surface area (Å²) in [6, 6.07) is 15.2. The normalized spacial score (nSPS) is 10.6. The number of hydrogen-bond acceptors (Lipinski definition) is 5. The van der Waals surface area contributed by atoms with E-state index in [2.05, 4.69) is 27.4 Å². The first kappa shape index (κ1) is 20.7. The minimum atomic E-state index is -0.438. The third kappa shape index (κ3) is 5.48. The highest BCUT2D eigenvalue weighted by Gasteiger charge is 2.13. The molecular weight excluding hydrogens is 386 g/mol. The van der Waals surface area contributed by atoms with Crippen LogP contribution in [0.3, 0.4) is 0 Å². The van der Waals surface area contributed by atoms with Crippen LogP contribution in [0, 0.1) is 13.8 Å². The molecule has 0 aliphatic heterocycles. The van der Waals surface area contributed by atoms with Gasteiger partial charge in [-0.25, -0.2) is 9.78 Å². The predicted octanol–water partition coefficient (Wildman–Crippen LogP) is 4.13. The van der Waals surface area contributed by atoms with Gasteiger partial charge in [0.15, 0.2) is 5.16 Å². The van der Waals surface area contributed by atoms with E-state index in [9.17, 15) is 9.59 Å². The number of nitrogens with one attached hydrogen (secondary N) is 2. The second kappa shape index (κ2) is 9.43. The number of anilines is 1. The van der Waals surface area contributed by atoms with Crippen molar-refractivity contribution in [1.29, 1.82) is 0 Å². The van der Waals surface area contributed by atoms with E-state index in [4.69, 9.17) is 4.74 Å². The first-order valence-electron chi connectivity index (χ1n) is 9.17. The molecule has 0 fully saturated rings. The SMILES string of the molecule is COC(=O)c1ccc(C)c(NC(=O)CSc2nc(Cc3ccccc3)c(C)[nH]2)c1. The van der Waals surface area contributed by atoms with Gasteiger partial charge in [0.25, 0.3) is 0 Å². The Morgan fingerprint density at radius 2 is 1.90 bits per heavy atom. The number of aromatic amines is 1. The Labute approximate surface area is 174 Å². The molecule has 3 aromatic rings. The van der Waals surface area contributed by atoms with E-state index in [-0.39, 0.29) is 11.7 Å². The van der Waals surface area contributed by atoms with Gasteiger partial charge in [0, 0.05) is 17.8 Å². The Balaban J connectivity index is 1.60. The van der Waals surface area contributed by atoms with Gasteiger partial charge >= 0.3 is 5.97 Å². The number of carbonyl (C=O) groups excluding carboxylic acids is 2. The molecule has 0 spiro atoms. The number of aryl methyl sites for hydroxylation is 2. The molecule has 0 atom stereocenters. The molecule has 0 bridgehead atoms. The fourth-order valence-electron chi connectivity index (χ4n) is 2.82. The number of thioether (sulfide) groups is 1. The number of imidazole rings is 1. The highest BCUT2D eigenvalue weighted by atomic mass is 32.2. The summed E-state index contributed by atoms with van der Waals surface area (Å²) < 4.78 is 4.73. The molecule has 29 heavy (non-hydrogen) atoms. The Hall–Kier alpha value is -3.06. The highest BCUT2D eigenvalue weighted by Crippen LogP contribution is 2.21. The molecule has 1 heterocycles. The summed E-state index contributed by atoms with van der Waals surface area (Å²) in [4.78, 5) is 31.9. The third-order valence-corrected chi connectivity index (χ3v) is 5.32. The van der Waals surface area contributed by atoms with E-state index < -0.39 is 5.97 Å². The van der Waals surface area contributed by atoms with Gasteiger partial charge in [-0.1, -0.05) is 48.2 Å². The molecule has 0 aliphatic carbocycles. The maximum atomic E-state index is 12.4. The van der Waals surface area contributed by atoms with Crippen LogP contribution >= 0.6 is 11.8 Å². The Morgan fingerprint density at radius 1 is 1.14 bits per heavy atom. The zero-order chi connectivity index (χ0) is 20.8. The van der Waals surface area contributed by atoms with Crippen molar-refractivity contribution in [2.24, 2.45) is 0 Å². The van der Waals surface area contributed by atoms with Gasteiger partial charge in [0.05, 0.1) is 24.1 Å². The number of H-pyrrole nitrogens is 1. The number of ether oxygens (including phenoxy) is 1. The van der Waals surface area contributed by atoms with E-state index in [0.717, 1.165) is 23.4 Å². The minimum absolute atomic E-state index is 0.168. The average molecular weight is 410 g/mol. The van der Waals surface area contributed by atoms with Crippen molar-refractivity contribution in [2.75, 3.05) is 18.2 Å². The Kier molecular flexibility index (Phi) is 6.72. The molecule has 0 aliphatic rings. The number of rotatable bonds is 7. The van der Waals surface area contributed by atoms with E-state index in [0.29, 0.717) is 16.4 Å². The molecular formula is C22H23N3O3S. The monoisotopic (exact) mass is 409 g/mol. The topological polar surface area (TPSA) is 84.1 Å². The molecule has 2 N–H and O–H groups in total. The first-order chi connectivity index (χ1) is 14.0. The van der Waals surface area contributed by atoms with Crippen molar-refractivity contribution < 1.29 is 14.3 Å². The predicted molar refractivity (Wildman–Crippen MR) is 114 cm³/mol. The van der Waals surface area contributed by atoms with Crippen LogP contribution in [-0.2, 0) is 16.0 Å². The van der Waals surface area contributed by atoms with Gasteiger partial charge in [-0.05, 0) is 37.1 Å². The fraction of sp³-hybridized carbons (Fsp3) is 0.227. The van der Waals surface area contributed by atoms with E-state index in [1.165, 1.54) is 24.4 Å². The number of benzene rings is 2. The summed E-state index contributed by atoms with van der Waals surface area (Å²) >= 11 is 1.34. The lowest BCUT2D eigenvalue weighted by atomic mass is 10.1. The summed E-state index contributed by atoms with van der Waals surface area (Å²) in [5, 5.41) is 3.56. The van der Waals surface area contributed by atoms with Crippen LogP contribution in [0.15, 0.2) is 53.7 Å². The largest absolute Gasteiger partial charge is 0.465 e. The zero-order valence-corrected chi connectivity index (χ0v) is 17.4. The van der Waals surface area contributed by atoms with Gasteiger partial charge in [0.2, 0.25) is 5.91 Å². The van der Waals surface area contributed by atoms with E-state index in [1.54, 1.807) is 18.2 Å². The molecule has 0 unspecified atom stereocenters. The van der Waals surface area contributed by atoms with Gasteiger partial charge in [0.1, 0.15) is 0 Å². The summed E-state index contributed by atoms with van der Waals surface area (Å²) in [6.07, 6.45) is 0.745. The molecule has 3 rings (SSSR count). The molecule has 0 saturated heterocycles. The number of methoxy groups -OCH3 is 1. The summed E-state index contributed by atoms with van der Waals surface area (Å²) in [7, 11) is 1.33. The van der Waals surface area contributed by atoms with Crippen molar-refractivity contribution in [1.82, 2.24) is 9.97 Å². The van der Waals surface area contributed by atoms with Crippen molar-refractivity contribution in [3.05, 3.63) is 76.6 Å². The van der Waals surface area contributed by atoms with E-state index >= 15 is 0 Å². The molecule has 0 saturated carbocycles. The fourth-order valence-corrected chi connectivity index (χ4v) is 3.56. The second-order valence-corrected chi connectivity index (χ2v) is 7.60. The van der Waals surface area contributed by atoms with E-state index in [1.807, 2.05) is 32.0 Å². The lowest BCUT2D eigenvalue weighted by Gasteiger charge is -2.09. The maximum Gasteiger partial charge on any atom is 0.337 e. The van der Waals surface area contributed by atoms with Crippen LogP contribution in [0.5, 0.6) is 0 Å². The van der Waals surface area contributed by atoms with Crippen LogP contribution in [0.25, 0.3) is 0 Å². The number of hydrogen-bond donors (Lipinski definition) is 2. The van der Waals surface area contributed by atoms with Crippen molar-refractivity contribution in [3.8, 4) is 0 Å². The molecule has 7 heteroatoms. The van der Waals surface area contributed by atoms with Gasteiger partial charge < -0.3 is 15.0 Å². The highest BCUT2D eigenvalue weighted by molar-refractivity contribution is 7.99. The second-order valence-electron chi connectivity index (χ2n) is 6.63. The Morgan fingerprint density at radius 3 is 2.62 bits per heavy atom. The maximum absolute atomic E-state index is 12.4. The van der Waals surface area contributed by atoms with Crippen LogP contribution < -0.4 is 5.32 Å². The number of esters is 1. The van der Waals surface area contributed by atoms with Crippen LogP contribution in [0.4, 0.5) is 5.69 Å². The van der Waals surface area contributed by atoms with Crippen molar-refractivity contribution in [2.45, 2.75) is 25.4 Å². The number of carbonyl (C=O) groups is 2. The van der Waals surface area contributed by atoms with Crippen molar-refractivity contribution >= 4 is 29.3 Å². The lowest BCUT2D eigenvalue weighted by Crippen LogP contribution is -2.15. The van der Waals surface area contributed by atoms with Gasteiger partial charge in [-0.2, -0.15) is 0 Å². The van der Waals surface area contributed by atoms with Crippen molar-refractivity contribution in [3.63, 3.8) is 0 Å². The quantitative estimate of drug-likeness (QED) is 0.453. The first-order valence-corrected chi connectivity index (χ1v) is 10.2. The zero-order valence-electron chi connectivity index (χ0n) is 16.6. The average Bonchev–Trinajstić information content (AvgIpc) is 3.07. The summed E-state index contributed by atoms with van der Waals surface area (Å²) in [6.45, 7) is 3.85. The van der Waals surface area contributed by atoms with Crippen LogP contribution in [0.2, 0.25) is 0 Å². The van der Waals surface area contributed by atoms with Crippen LogP contribution in [0.1, 0.15) is 32.9 Å². The minimum Gasteiger partial charge on any atom is -0.465 e. The third-order valence-electron chi connectivity index (χ3n) is 4.45. The molecule has 0 radical (unpaired) electrons. The summed E-state index contributed by atoms with van der Waals surface area (Å²) in [5.41, 5.74) is 5.03. The summed E-state index contributed by atoms with van der Waals surface area (Å²) in [5.74, 6) is -0.398.